The molecule has 4 aromatic rings. The van der Waals surface area contributed by atoms with Gasteiger partial charge in [-0.1, -0.05) is 23.7 Å². The smallest absolute Gasteiger partial charge is 0.368 e. The van der Waals surface area contributed by atoms with Crippen LogP contribution in [0.15, 0.2) is 54.7 Å². The van der Waals surface area contributed by atoms with E-state index in [2.05, 4.69) is 15.3 Å². The van der Waals surface area contributed by atoms with Gasteiger partial charge in [-0.2, -0.15) is 13.2 Å². The zero-order valence-electron chi connectivity index (χ0n) is 17.6. The quantitative estimate of drug-likeness (QED) is 0.362. The fourth-order valence-electron chi connectivity index (χ4n) is 3.65. The number of fused-ring (bicyclic) bond motifs is 1. The Kier molecular flexibility index (Phi) is 5.71. The highest BCUT2D eigenvalue weighted by atomic mass is 35.5. The summed E-state index contributed by atoms with van der Waals surface area (Å²) in [6.45, 7) is 3.18. The van der Waals surface area contributed by atoms with Crippen LogP contribution in [-0.4, -0.2) is 15.9 Å². The van der Waals surface area contributed by atoms with Crippen molar-refractivity contribution in [3.8, 4) is 11.1 Å². The van der Waals surface area contributed by atoms with Crippen LogP contribution in [0.2, 0.25) is 5.02 Å². The van der Waals surface area contributed by atoms with Gasteiger partial charge < -0.3 is 11.1 Å². The van der Waals surface area contributed by atoms with Gasteiger partial charge in [0, 0.05) is 22.8 Å². The molecule has 33 heavy (non-hydrogen) atoms. The lowest BCUT2D eigenvalue weighted by molar-refractivity contribution is -0.137. The van der Waals surface area contributed by atoms with E-state index >= 15 is 0 Å². The van der Waals surface area contributed by atoms with Crippen LogP contribution in [0.25, 0.3) is 22.0 Å². The van der Waals surface area contributed by atoms with E-state index in [1.54, 1.807) is 24.4 Å². The molecule has 0 fully saturated rings. The molecule has 0 saturated heterocycles. The van der Waals surface area contributed by atoms with Crippen molar-refractivity contribution in [3.63, 3.8) is 0 Å². The number of hydrogen-bond acceptors (Lipinski definition) is 4. The van der Waals surface area contributed by atoms with Gasteiger partial charge in [0.1, 0.15) is 0 Å². The van der Waals surface area contributed by atoms with Gasteiger partial charge in [-0.15, -0.1) is 0 Å². The molecule has 4 rings (SSSR count). The van der Waals surface area contributed by atoms with Crippen LogP contribution in [0.1, 0.15) is 27.0 Å². The topological polar surface area (TPSA) is 80.9 Å². The van der Waals surface area contributed by atoms with Gasteiger partial charge in [-0.25, -0.2) is 9.97 Å². The monoisotopic (exact) mass is 470 g/mol. The first-order valence-electron chi connectivity index (χ1n) is 9.85. The van der Waals surface area contributed by atoms with Gasteiger partial charge in [0.25, 0.3) is 5.91 Å². The van der Waals surface area contributed by atoms with E-state index < -0.39 is 22.7 Å². The minimum absolute atomic E-state index is 0.0410. The number of alkyl halides is 3. The lowest BCUT2D eigenvalue weighted by Gasteiger charge is -2.17. The molecule has 0 atom stereocenters. The second-order valence-electron chi connectivity index (χ2n) is 7.58. The Morgan fingerprint density at radius 3 is 2.55 bits per heavy atom. The summed E-state index contributed by atoms with van der Waals surface area (Å²) in [6.07, 6.45) is -3.02. The molecule has 5 nitrogen and oxygen atoms in total. The molecule has 0 aliphatic carbocycles. The molecule has 0 radical (unpaired) electrons. The average Bonchev–Trinajstić information content (AvgIpc) is 2.74. The molecule has 168 valence electrons. The minimum Gasteiger partial charge on any atom is -0.368 e. The number of amides is 1. The van der Waals surface area contributed by atoms with Crippen molar-refractivity contribution in [3.05, 3.63) is 82.0 Å². The summed E-state index contributed by atoms with van der Waals surface area (Å²) in [6, 6.07) is 13.1. The number of rotatable bonds is 3. The number of anilines is 2. The SMILES string of the molecule is Cc1ccc(C(=O)Nc2ccc(Cl)c(C(F)(F)F)c2C)cc1-c1ccc2nc(N)ncc2c1. The van der Waals surface area contributed by atoms with Gasteiger partial charge in [0.15, 0.2) is 0 Å². The highest BCUT2D eigenvalue weighted by molar-refractivity contribution is 6.31. The van der Waals surface area contributed by atoms with E-state index in [1.165, 1.54) is 13.0 Å². The number of nitrogens with one attached hydrogen (secondary N) is 1. The second kappa shape index (κ2) is 8.37. The maximum Gasteiger partial charge on any atom is 0.418 e. The van der Waals surface area contributed by atoms with Crippen LogP contribution in [0, 0.1) is 13.8 Å². The van der Waals surface area contributed by atoms with Crippen LogP contribution >= 0.6 is 11.6 Å². The van der Waals surface area contributed by atoms with Crippen molar-refractivity contribution < 1.29 is 18.0 Å². The maximum atomic E-state index is 13.4. The number of benzene rings is 3. The molecule has 1 heterocycles. The third-order valence-electron chi connectivity index (χ3n) is 5.36. The normalized spacial score (nSPS) is 11.6. The molecule has 3 aromatic carbocycles. The second-order valence-corrected chi connectivity index (χ2v) is 7.99. The third kappa shape index (κ3) is 4.47. The van der Waals surface area contributed by atoms with Crippen LogP contribution < -0.4 is 11.1 Å². The Labute approximate surface area is 192 Å². The van der Waals surface area contributed by atoms with Crippen molar-refractivity contribution >= 4 is 40.0 Å². The van der Waals surface area contributed by atoms with Gasteiger partial charge in [-0.05, 0) is 72.5 Å². The number of carbonyl (C=O) groups excluding carboxylic acids is 1. The summed E-state index contributed by atoms with van der Waals surface area (Å²) in [5.74, 6) is -0.358. The fourth-order valence-corrected chi connectivity index (χ4v) is 3.96. The number of aryl methyl sites for hydroxylation is 1. The maximum absolute atomic E-state index is 13.4. The van der Waals surface area contributed by atoms with Crippen LogP contribution in [0.3, 0.4) is 0 Å². The molecule has 0 aliphatic heterocycles. The van der Waals surface area contributed by atoms with Crippen molar-refractivity contribution in [1.82, 2.24) is 9.97 Å². The molecule has 1 amide bonds. The predicted octanol–water partition coefficient (Wildman–Crippen LogP) is 6.42. The number of nitrogens with zero attached hydrogens (tertiary/aromatic N) is 2. The number of carbonyl (C=O) groups is 1. The lowest BCUT2D eigenvalue weighted by Crippen LogP contribution is -2.16. The van der Waals surface area contributed by atoms with E-state index in [0.717, 1.165) is 28.1 Å². The summed E-state index contributed by atoms with van der Waals surface area (Å²) in [5, 5.41) is 2.93. The summed E-state index contributed by atoms with van der Waals surface area (Å²) in [7, 11) is 0. The molecule has 0 unspecified atom stereocenters. The zero-order chi connectivity index (χ0) is 23.9. The molecule has 0 spiro atoms. The van der Waals surface area contributed by atoms with E-state index in [4.69, 9.17) is 17.3 Å². The number of nitrogens with two attached hydrogens (primary N) is 1. The summed E-state index contributed by atoms with van der Waals surface area (Å²) in [4.78, 5) is 21.1. The van der Waals surface area contributed by atoms with Crippen LogP contribution in [-0.2, 0) is 6.18 Å². The van der Waals surface area contributed by atoms with Gasteiger partial charge in [0.2, 0.25) is 5.95 Å². The first-order chi connectivity index (χ1) is 15.5. The van der Waals surface area contributed by atoms with Crippen LogP contribution in [0.5, 0.6) is 0 Å². The largest absolute Gasteiger partial charge is 0.418 e. The molecule has 0 aliphatic rings. The summed E-state index contributed by atoms with van der Waals surface area (Å²) >= 11 is 5.75. The number of halogens is 4. The Balaban J connectivity index is 1.69. The highest BCUT2D eigenvalue weighted by Gasteiger charge is 2.36. The molecule has 3 N–H and O–H groups in total. The van der Waals surface area contributed by atoms with Gasteiger partial charge in [0.05, 0.1) is 16.1 Å². The van der Waals surface area contributed by atoms with E-state index in [9.17, 15) is 18.0 Å². The van der Waals surface area contributed by atoms with Crippen molar-refractivity contribution in [1.29, 1.82) is 0 Å². The summed E-state index contributed by atoms with van der Waals surface area (Å²) in [5.41, 5.74) is 8.10. The first kappa shape index (κ1) is 22.5. The molecule has 9 heteroatoms. The highest BCUT2D eigenvalue weighted by Crippen LogP contribution is 2.39. The number of nitrogen functional groups attached to an aromatic ring is 1. The summed E-state index contributed by atoms with van der Waals surface area (Å²) < 4.78 is 40.1. The van der Waals surface area contributed by atoms with Gasteiger partial charge >= 0.3 is 6.18 Å². The molecule has 1 aromatic heterocycles. The molecule has 0 saturated carbocycles. The van der Waals surface area contributed by atoms with Crippen molar-refractivity contribution in [2.75, 3.05) is 11.1 Å². The Morgan fingerprint density at radius 2 is 1.82 bits per heavy atom. The molecule has 0 bridgehead atoms. The first-order valence-corrected chi connectivity index (χ1v) is 10.2. The predicted molar refractivity (Wildman–Crippen MR) is 123 cm³/mol. The number of aromatic nitrogens is 2. The lowest BCUT2D eigenvalue weighted by atomic mass is 9.96. The van der Waals surface area contributed by atoms with E-state index in [1.807, 2.05) is 25.1 Å². The average molecular weight is 471 g/mol. The fraction of sp³-hybridized carbons (Fsp3) is 0.125. The Morgan fingerprint density at radius 1 is 1.06 bits per heavy atom. The molecular formula is C24H18ClF3N4O. The van der Waals surface area contributed by atoms with Crippen molar-refractivity contribution in [2.45, 2.75) is 20.0 Å². The molecular weight excluding hydrogens is 453 g/mol. The Hall–Kier alpha value is -3.65. The third-order valence-corrected chi connectivity index (χ3v) is 5.67. The number of hydrogen-bond donors (Lipinski definition) is 2. The van der Waals surface area contributed by atoms with Crippen LogP contribution in [0.4, 0.5) is 24.8 Å². The Bertz CT molecular complexity index is 1400. The standard InChI is InChI=1S/C24H18ClF3N4O/c1-12-3-4-15(10-17(12)14-5-7-20-16(9-14)11-30-23(29)32-20)22(33)31-19-8-6-18(25)21(13(19)2)24(26,27)28/h3-11H,1-2H3,(H,31,33)(H2,29,30,32). The van der Waals surface area contributed by atoms with E-state index in [-0.39, 0.29) is 17.2 Å². The van der Waals surface area contributed by atoms with Crippen molar-refractivity contribution in [2.24, 2.45) is 0 Å². The zero-order valence-corrected chi connectivity index (χ0v) is 18.3. The van der Waals surface area contributed by atoms with E-state index in [0.29, 0.717) is 11.1 Å². The van der Waals surface area contributed by atoms with Gasteiger partial charge in [-0.3, -0.25) is 4.79 Å². The minimum atomic E-state index is -4.64.